The van der Waals surface area contributed by atoms with E-state index in [2.05, 4.69) is 39.8 Å². The van der Waals surface area contributed by atoms with Crippen LogP contribution in [0.1, 0.15) is 36.6 Å². The molecule has 0 amide bonds. The molecule has 1 unspecified atom stereocenters. The number of hydrogen-bond donors (Lipinski definition) is 2. The summed E-state index contributed by atoms with van der Waals surface area (Å²) in [6.45, 7) is 5.53. The minimum absolute atomic E-state index is 0.0376. The number of hydrogen-bond acceptors (Lipinski definition) is 3. The molecule has 1 atom stereocenters. The summed E-state index contributed by atoms with van der Waals surface area (Å²) in [6, 6.07) is 15.2. The van der Waals surface area contributed by atoms with Crippen molar-refractivity contribution in [2.45, 2.75) is 33.0 Å². The molecule has 158 valence electrons. The van der Waals surface area contributed by atoms with Crippen LogP contribution in [0.3, 0.4) is 0 Å². The highest BCUT2D eigenvalue weighted by molar-refractivity contribution is 5.80. The Balaban J connectivity index is 1.72. The fraction of sp³-hybridized carbons (Fsp3) is 0.304. The number of nitrogens with one attached hydrogen (secondary N) is 2. The molecule has 30 heavy (non-hydrogen) atoms. The number of halogens is 1. The van der Waals surface area contributed by atoms with E-state index in [9.17, 15) is 4.39 Å². The van der Waals surface area contributed by atoms with Crippen LogP contribution in [0.2, 0.25) is 0 Å². The van der Waals surface area contributed by atoms with Crippen LogP contribution in [-0.2, 0) is 17.9 Å². The molecule has 6 nitrogen and oxygen atoms in total. The molecule has 0 bridgehead atoms. The summed E-state index contributed by atoms with van der Waals surface area (Å²) in [5.74, 6) is 0.437. The summed E-state index contributed by atoms with van der Waals surface area (Å²) in [4.78, 5) is 4.67. The maximum atomic E-state index is 13.8. The molecule has 0 fully saturated rings. The summed E-state index contributed by atoms with van der Waals surface area (Å²) < 4.78 is 20.7. The second-order valence-electron chi connectivity index (χ2n) is 6.97. The van der Waals surface area contributed by atoms with E-state index in [1.165, 1.54) is 6.07 Å². The van der Waals surface area contributed by atoms with Crippen molar-refractivity contribution >= 4 is 5.96 Å². The molecule has 0 saturated carbocycles. The normalized spacial score (nSPS) is 12.6. The van der Waals surface area contributed by atoms with Gasteiger partial charge < -0.3 is 15.4 Å². The molecule has 2 N–H and O–H groups in total. The zero-order valence-electron chi connectivity index (χ0n) is 17.6. The minimum atomic E-state index is -0.264. The largest absolute Gasteiger partial charge is 0.380 e. The first kappa shape index (κ1) is 21.5. The Morgan fingerprint density at radius 2 is 2.10 bits per heavy atom. The van der Waals surface area contributed by atoms with Gasteiger partial charge in [0.2, 0.25) is 0 Å². The topological polar surface area (TPSA) is 63.5 Å². The van der Waals surface area contributed by atoms with E-state index >= 15 is 0 Å². The molecular formula is C23H28FN5O. The maximum Gasteiger partial charge on any atom is 0.192 e. The highest BCUT2D eigenvalue weighted by Gasteiger charge is 2.10. The van der Waals surface area contributed by atoms with Crippen LogP contribution in [0.5, 0.6) is 0 Å². The first-order valence-corrected chi connectivity index (χ1v) is 10.0. The van der Waals surface area contributed by atoms with Crippen molar-refractivity contribution in [2.24, 2.45) is 4.99 Å². The van der Waals surface area contributed by atoms with Crippen LogP contribution in [-0.4, -0.2) is 29.4 Å². The van der Waals surface area contributed by atoms with E-state index in [0.29, 0.717) is 18.1 Å². The van der Waals surface area contributed by atoms with Gasteiger partial charge in [-0.05, 0) is 55.3 Å². The summed E-state index contributed by atoms with van der Waals surface area (Å²) in [7, 11) is 1.56. The van der Waals surface area contributed by atoms with Crippen LogP contribution < -0.4 is 10.6 Å². The Labute approximate surface area is 176 Å². The number of aliphatic imine (C=N–C) groups is 1. The minimum Gasteiger partial charge on any atom is -0.380 e. The molecule has 3 aromatic rings. The molecule has 1 heterocycles. The van der Waals surface area contributed by atoms with Crippen molar-refractivity contribution in [2.75, 3.05) is 13.7 Å². The van der Waals surface area contributed by atoms with Crippen molar-refractivity contribution in [1.29, 1.82) is 0 Å². The molecule has 0 aliphatic carbocycles. The Morgan fingerprint density at radius 1 is 1.23 bits per heavy atom. The van der Waals surface area contributed by atoms with Gasteiger partial charge in [0.05, 0.1) is 24.9 Å². The van der Waals surface area contributed by atoms with Gasteiger partial charge in [0.1, 0.15) is 5.82 Å². The number of benzene rings is 2. The predicted molar refractivity (Wildman–Crippen MR) is 117 cm³/mol. The van der Waals surface area contributed by atoms with Crippen LogP contribution in [0.25, 0.3) is 5.69 Å². The SMILES string of the molecule is CCNC(=NCc1ccc(F)c(COC)c1)NC(C)c1cccc(-n2cccn2)c1. The molecule has 0 aliphatic heterocycles. The van der Waals surface area contributed by atoms with Gasteiger partial charge in [0.15, 0.2) is 5.96 Å². The number of aromatic nitrogens is 2. The first-order chi connectivity index (χ1) is 14.6. The smallest absolute Gasteiger partial charge is 0.192 e. The Bertz CT molecular complexity index is 971. The molecular weight excluding hydrogens is 381 g/mol. The number of methoxy groups -OCH3 is 1. The summed E-state index contributed by atoms with van der Waals surface area (Å²) in [5, 5.41) is 11.0. The summed E-state index contributed by atoms with van der Waals surface area (Å²) in [5.41, 5.74) is 3.59. The molecule has 7 heteroatoms. The van der Waals surface area contributed by atoms with Crippen LogP contribution in [0.15, 0.2) is 65.9 Å². The van der Waals surface area contributed by atoms with Gasteiger partial charge in [-0.1, -0.05) is 18.2 Å². The van der Waals surface area contributed by atoms with E-state index in [4.69, 9.17) is 4.74 Å². The molecule has 0 aliphatic rings. The van der Waals surface area contributed by atoms with Gasteiger partial charge in [0.25, 0.3) is 0 Å². The lowest BCUT2D eigenvalue weighted by atomic mass is 10.1. The highest BCUT2D eigenvalue weighted by atomic mass is 19.1. The van der Waals surface area contributed by atoms with E-state index in [0.717, 1.165) is 23.4 Å². The van der Waals surface area contributed by atoms with Crippen LogP contribution in [0.4, 0.5) is 4.39 Å². The van der Waals surface area contributed by atoms with E-state index in [-0.39, 0.29) is 18.5 Å². The van der Waals surface area contributed by atoms with Gasteiger partial charge in [-0.2, -0.15) is 5.10 Å². The third-order valence-electron chi connectivity index (χ3n) is 4.67. The van der Waals surface area contributed by atoms with Crippen molar-refractivity contribution in [1.82, 2.24) is 20.4 Å². The van der Waals surface area contributed by atoms with E-state index < -0.39 is 0 Å². The Morgan fingerprint density at radius 3 is 2.83 bits per heavy atom. The standard InChI is InChI=1S/C23H28FN5O/c1-4-25-23(26-15-18-9-10-22(24)20(13-18)16-30-3)28-17(2)19-7-5-8-21(14-19)29-12-6-11-27-29/h5-14,17H,4,15-16H2,1-3H3,(H2,25,26,28). The molecule has 0 radical (unpaired) electrons. The quantitative estimate of drug-likeness (QED) is 0.436. The van der Waals surface area contributed by atoms with Gasteiger partial charge in [-0.15, -0.1) is 0 Å². The lowest BCUT2D eigenvalue weighted by Crippen LogP contribution is -2.38. The van der Waals surface area contributed by atoms with Crippen molar-refractivity contribution < 1.29 is 9.13 Å². The maximum absolute atomic E-state index is 13.8. The predicted octanol–water partition coefficient (Wildman–Crippen LogP) is 3.97. The average Bonchev–Trinajstić information content (AvgIpc) is 3.29. The average molecular weight is 410 g/mol. The zero-order valence-corrected chi connectivity index (χ0v) is 17.6. The molecule has 0 spiro atoms. The van der Waals surface area contributed by atoms with Crippen LogP contribution in [0, 0.1) is 5.82 Å². The van der Waals surface area contributed by atoms with Crippen molar-refractivity contribution in [3.63, 3.8) is 0 Å². The van der Waals surface area contributed by atoms with Gasteiger partial charge >= 0.3 is 0 Å². The summed E-state index contributed by atoms with van der Waals surface area (Å²) >= 11 is 0. The third-order valence-corrected chi connectivity index (χ3v) is 4.67. The van der Waals surface area contributed by atoms with Gasteiger partial charge in [-0.3, -0.25) is 0 Å². The highest BCUT2D eigenvalue weighted by Crippen LogP contribution is 2.17. The van der Waals surface area contributed by atoms with Crippen molar-refractivity contribution in [3.8, 4) is 5.69 Å². The first-order valence-electron chi connectivity index (χ1n) is 10.0. The van der Waals surface area contributed by atoms with E-state index in [1.54, 1.807) is 25.4 Å². The number of guanidine groups is 1. The number of ether oxygens (including phenoxy) is 1. The third kappa shape index (κ3) is 5.67. The monoisotopic (exact) mass is 409 g/mol. The number of rotatable bonds is 8. The van der Waals surface area contributed by atoms with E-state index in [1.807, 2.05) is 36.0 Å². The fourth-order valence-electron chi connectivity index (χ4n) is 3.13. The summed E-state index contributed by atoms with van der Waals surface area (Å²) in [6.07, 6.45) is 3.68. The fourth-order valence-corrected chi connectivity index (χ4v) is 3.13. The zero-order chi connectivity index (χ0) is 21.3. The lowest BCUT2D eigenvalue weighted by Gasteiger charge is -2.19. The molecule has 0 saturated heterocycles. The number of nitrogens with zero attached hydrogens (tertiary/aromatic N) is 3. The molecule has 3 rings (SSSR count). The Kier molecular flexibility index (Phi) is 7.57. The Hall–Kier alpha value is -3.19. The van der Waals surface area contributed by atoms with Crippen molar-refractivity contribution in [3.05, 3.63) is 83.4 Å². The molecule has 1 aromatic heterocycles. The second kappa shape index (κ2) is 10.5. The lowest BCUT2D eigenvalue weighted by molar-refractivity contribution is 0.181. The second-order valence-corrected chi connectivity index (χ2v) is 6.97. The van der Waals surface area contributed by atoms with Gasteiger partial charge in [0, 0.05) is 31.6 Å². The molecule has 2 aromatic carbocycles. The van der Waals surface area contributed by atoms with Gasteiger partial charge in [-0.25, -0.2) is 14.1 Å². The van der Waals surface area contributed by atoms with Crippen LogP contribution >= 0.6 is 0 Å².